The third-order valence-corrected chi connectivity index (χ3v) is 4.07. The normalized spacial score (nSPS) is 17.4. The van der Waals surface area contributed by atoms with Crippen LogP contribution in [0.5, 0.6) is 0 Å². The molecule has 0 N–H and O–H groups in total. The lowest BCUT2D eigenvalue weighted by Gasteiger charge is -2.42. The third-order valence-electron chi connectivity index (χ3n) is 4.07. The van der Waals surface area contributed by atoms with Crippen LogP contribution < -0.4 is 4.90 Å². The Labute approximate surface area is 132 Å². The quantitative estimate of drug-likeness (QED) is 0.614. The molecular formula is C15H20F3N3O2. The molecule has 1 fully saturated rings. The molecule has 0 saturated carbocycles. The van der Waals surface area contributed by atoms with Gasteiger partial charge in [-0.15, -0.1) is 0 Å². The molecule has 1 aromatic rings. The van der Waals surface area contributed by atoms with Gasteiger partial charge in [-0.05, 0) is 32.9 Å². The van der Waals surface area contributed by atoms with Crippen LogP contribution in [0, 0.1) is 10.1 Å². The number of hydrogen-bond acceptors (Lipinski definition) is 4. The minimum atomic E-state index is -4.59. The van der Waals surface area contributed by atoms with Crippen molar-refractivity contribution in [1.82, 2.24) is 4.90 Å². The predicted octanol–water partition coefficient (Wildman–Crippen LogP) is 3.53. The van der Waals surface area contributed by atoms with Gasteiger partial charge in [0.1, 0.15) is 5.69 Å². The van der Waals surface area contributed by atoms with Gasteiger partial charge in [-0.1, -0.05) is 0 Å². The van der Waals surface area contributed by atoms with Gasteiger partial charge in [-0.25, -0.2) is 0 Å². The highest BCUT2D eigenvalue weighted by molar-refractivity contribution is 5.65. The fourth-order valence-corrected chi connectivity index (χ4v) is 2.73. The second-order valence-electron chi connectivity index (χ2n) is 6.60. The molecule has 5 nitrogen and oxygen atoms in total. The van der Waals surface area contributed by atoms with E-state index in [4.69, 9.17) is 0 Å². The van der Waals surface area contributed by atoms with Gasteiger partial charge in [0.15, 0.2) is 0 Å². The Morgan fingerprint density at radius 2 is 1.65 bits per heavy atom. The summed E-state index contributed by atoms with van der Waals surface area (Å²) in [6.07, 6.45) is -4.59. The van der Waals surface area contributed by atoms with Crippen LogP contribution in [0.25, 0.3) is 0 Å². The van der Waals surface area contributed by atoms with Crippen molar-refractivity contribution in [2.75, 3.05) is 31.1 Å². The number of nitro benzene ring substituents is 1. The van der Waals surface area contributed by atoms with E-state index in [9.17, 15) is 23.3 Å². The number of rotatable bonds is 2. The van der Waals surface area contributed by atoms with E-state index in [1.54, 1.807) is 4.90 Å². The molecule has 0 radical (unpaired) electrons. The maximum atomic E-state index is 12.7. The zero-order chi connectivity index (χ0) is 17.4. The summed E-state index contributed by atoms with van der Waals surface area (Å²) in [5.41, 5.74) is -1.25. The SMILES string of the molecule is CC(C)(C)N1CCN(c2ccc(C(F)(F)F)cc2[N+](=O)[O-])CC1. The van der Waals surface area contributed by atoms with Crippen molar-refractivity contribution in [3.05, 3.63) is 33.9 Å². The second-order valence-corrected chi connectivity index (χ2v) is 6.60. The molecule has 0 unspecified atom stereocenters. The van der Waals surface area contributed by atoms with Crippen LogP contribution in [-0.2, 0) is 6.18 Å². The number of nitrogens with zero attached hydrogens (tertiary/aromatic N) is 3. The van der Waals surface area contributed by atoms with E-state index in [0.717, 1.165) is 6.07 Å². The molecule has 0 aliphatic carbocycles. The summed E-state index contributed by atoms with van der Waals surface area (Å²) in [5, 5.41) is 11.2. The van der Waals surface area contributed by atoms with Crippen LogP contribution in [0.1, 0.15) is 26.3 Å². The first kappa shape index (κ1) is 17.5. The van der Waals surface area contributed by atoms with Crippen molar-refractivity contribution in [2.45, 2.75) is 32.5 Å². The Morgan fingerprint density at radius 1 is 1.09 bits per heavy atom. The van der Waals surface area contributed by atoms with E-state index in [2.05, 4.69) is 25.7 Å². The highest BCUT2D eigenvalue weighted by atomic mass is 19.4. The molecule has 0 amide bonds. The average Bonchev–Trinajstić information content (AvgIpc) is 2.45. The summed E-state index contributed by atoms with van der Waals surface area (Å²) in [6, 6.07) is 2.72. The molecule has 2 rings (SSSR count). The molecule has 128 valence electrons. The van der Waals surface area contributed by atoms with Gasteiger partial charge in [0.25, 0.3) is 5.69 Å². The van der Waals surface area contributed by atoms with Crippen LogP contribution in [0.4, 0.5) is 24.5 Å². The highest BCUT2D eigenvalue weighted by Gasteiger charge is 2.34. The van der Waals surface area contributed by atoms with Gasteiger partial charge in [-0.2, -0.15) is 13.2 Å². The molecule has 1 heterocycles. The largest absolute Gasteiger partial charge is 0.416 e. The molecule has 23 heavy (non-hydrogen) atoms. The van der Waals surface area contributed by atoms with E-state index >= 15 is 0 Å². The van der Waals surface area contributed by atoms with Crippen LogP contribution in [0.3, 0.4) is 0 Å². The molecule has 1 saturated heterocycles. The van der Waals surface area contributed by atoms with Gasteiger partial charge < -0.3 is 4.90 Å². The Morgan fingerprint density at radius 3 is 2.09 bits per heavy atom. The Hall–Kier alpha value is -1.83. The minimum absolute atomic E-state index is 0.00182. The number of nitro groups is 1. The smallest absolute Gasteiger partial charge is 0.363 e. The van der Waals surface area contributed by atoms with Gasteiger partial charge in [0, 0.05) is 37.8 Å². The van der Waals surface area contributed by atoms with E-state index in [1.165, 1.54) is 6.07 Å². The van der Waals surface area contributed by atoms with Gasteiger partial charge in [-0.3, -0.25) is 15.0 Å². The fourth-order valence-electron chi connectivity index (χ4n) is 2.73. The summed E-state index contributed by atoms with van der Waals surface area (Å²) < 4.78 is 38.2. The van der Waals surface area contributed by atoms with E-state index in [1.807, 2.05) is 0 Å². The summed E-state index contributed by atoms with van der Waals surface area (Å²) >= 11 is 0. The summed E-state index contributed by atoms with van der Waals surface area (Å²) in [6.45, 7) is 8.77. The van der Waals surface area contributed by atoms with E-state index in [0.29, 0.717) is 32.2 Å². The molecule has 8 heteroatoms. The Kier molecular flexibility index (Phi) is 4.57. The average molecular weight is 331 g/mol. The lowest BCUT2D eigenvalue weighted by Crippen LogP contribution is -2.53. The predicted molar refractivity (Wildman–Crippen MR) is 81.6 cm³/mol. The molecule has 0 bridgehead atoms. The van der Waals surface area contributed by atoms with Gasteiger partial charge in [0.05, 0.1) is 10.5 Å². The lowest BCUT2D eigenvalue weighted by molar-refractivity contribution is -0.384. The standard InChI is InChI=1S/C15H20F3N3O2/c1-14(2,3)20-8-6-19(7-9-20)12-5-4-11(15(16,17)18)10-13(12)21(22)23/h4-5,10H,6-9H2,1-3H3. The van der Waals surface area contributed by atoms with Crippen molar-refractivity contribution in [3.63, 3.8) is 0 Å². The van der Waals surface area contributed by atoms with Crippen molar-refractivity contribution in [1.29, 1.82) is 0 Å². The Balaban J connectivity index is 2.25. The Bertz CT molecular complexity index is 589. The number of anilines is 1. The molecule has 1 aromatic carbocycles. The number of halogens is 3. The van der Waals surface area contributed by atoms with Crippen LogP contribution >= 0.6 is 0 Å². The monoisotopic (exact) mass is 331 g/mol. The maximum absolute atomic E-state index is 12.7. The zero-order valence-electron chi connectivity index (χ0n) is 13.4. The summed E-state index contributed by atoms with van der Waals surface area (Å²) in [5.74, 6) is 0. The van der Waals surface area contributed by atoms with Crippen molar-refractivity contribution in [3.8, 4) is 0 Å². The topological polar surface area (TPSA) is 49.6 Å². The fraction of sp³-hybridized carbons (Fsp3) is 0.600. The summed E-state index contributed by atoms with van der Waals surface area (Å²) in [7, 11) is 0. The summed E-state index contributed by atoms with van der Waals surface area (Å²) in [4.78, 5) is 14.4. The second kappa shape index (κ2) is 5.99. The molecule has 1 aliphatic rings. The first-order valence-corrected chi connectivity index (χ1v) is 7.36. The molecular weight excluding hydrogens is 311 g/mol. The van der Waals surface area contributed by atoms with Crippen LogP contribution in [0.2, 0.25) is 0 Å². The van der Waals surface area contributed by atoms with E-state index < -0.39 is 22.4 Å². The molecule has 0 aromatic heterocycles. The molecule has 0 atom stereocenters. The van der Waals surface area contributed by atoms with Crippen molar-refractivity contribution < 1.29 is 18.1 Å². The van der Waals surface area contributed by atoms with Crippen molar-refractivity contribution in [2.24, 2.45) is 0 Å². The van der Waals surface area contributed by atoms with Crippen LogP contribution in [-0.4, -0.2) is 41.5 Å². The van der Waals surface area contributed by atoms with Crippen molar-refractivity contribution >= 4 is 11.4 Å². The minimum Gasteiger partial charge on any atom is -0.363 e. The lowest BCUT2D eigenvalue weighted by atomic mass is 10.0. The number of piperazine rings is 1. The van der Waals surface area contributed by atoms with Gasteiger partial charge >= 0.3 is 6.18 Å². The van der Waals surface area contributed by atoms with E-state index in [-0.39, 0.29) is 11.2 Å². The first-order chi connectivity index (χ1) is 10.5. The number of hydrogen-bond donors (Lipinski definition) is 0. The molecule has 1 aliphatic heterocycles. The number of alkyl halides is 3. The highest BCUT2D eigenvalue weighted by Crippen LogP contribution is 2.37. The molecule has 0 spiro atoms. The van der Waals surface area contributed by atoms with Crippen LogP contribution in [0.15, 0.2) is 18.2 Å². The maximum Gasteiger partial charge on any atom is 0.416 e. The zero-order valence-corrected chi connectivity index (χ0v) is 13.4. The third kappa shape index (κ3) is 3.93. The number of benzene rings is 1. The van der Waals surface area contributed by atoms with Gasteiger partial charge in [0.2, 0.25) is 0 Å². The first-order valence-electron chi connectivity index (χ1n) is 7.36.